The molecule has 0 N–H and O–H groups in total. The number of likely N-dealkylation sites (N-methyl/N-ethyl adjacent to an activating group) is 1. The van der Waals surface area contributed by atoms with Crippen molar-refractivity contribution >= 4 is 5.69 Å². The van der Waals surface area contributed by atoms with Crippen molar-refractivity contribution in [1.29, 1.82) is 0 Å². The van der Waals surface area contributed by atoms with Gasteiger partial charge in [-0.25, -0.2) is 4.98 Å². The van der Waals surface area contributed by atoms with Crippen LogP contribution in [0.25, 0.3) is 0 Å². The zero-order chi connectivity index (χ0) is 14.7. The summed E-state index contributed by atoms with van der Waals surface area (Å²) in [6.07, 6.45) is 5.48. The second-order valence-electron chi connectivity index (χ2n) is 5.98. The van der Waals surface area contributed by atoms with E-state index in [0.29, 0.717) is 12.5 Å². The number of aromatic nitrogens is 1. The lowest BCUT2D eigenvalue weighted by Crippen LogP contribution is -2.44. The Morgan fingerprint density at radius 3 is 2.86 bits per heavy atom. The van der Waals surface area contributed by atoms with E-state index in [0.717, 1.165) is 44.0 Å². The van der Waals surface area contributed by atoms with E-state index >= 15 is 0 Å². The zero-order valence-electron chi connectivity index (χ0n) is 13.0. The lowest BCUT2D eigenvalue weighted by molar-refractivity contribution is 0.0787. The minimum Gasteiger partial charge on any atom is -0.481 e. The molecular weight excluding hydrogens is 266 g/mol. The van der Waals surface area contributed by atoms with Crippen LogP contribution in [0.4, 0.5) is 5.69 Å². The van der Waals surface area contributed by atoms with Gasteiger partial charge in [-0.05, 0) is 19.9 Å². The normalized spacial score (nSPS) is 22.4. The number of piperazine rings is 1. The molecule has 5 nitrogen and oxygen atoms in total. The molecule has 2 aliphatic heterocycles. The van der Waals surface area contributed by atoms with Gasteiger partial charge < -0.3 is 19.3 Å². The third-order valence-electron chi connectivity index (χ3n) is 4.25. The molecule has 0 amide bonds. The minimum atomic E-state index is 0.169. The first-order valence-electron chi connectivity index (χ1n) is 7.99. The van der Waals surface area contributed by atoms with Gasteiger partial charge >= 0.3 is 0 Å². The molecule has 1 aromatic rings. The maximum atomic E-state index is 6.06. The molecule has 0 aromatic carbocycles. The number of hydrogen-bond donors (Lipinski definition) is 0. The van der Waals surface area contributed by atoms with Crippen LogP contribution in [0.5, 0.6) is 11.6 Å². The van der Waals surface area contributed by atoms with Crippen molar-refractivity contribution in [3.63, 3.8) is 0 Å². The summed E-state index contributed by atoms with van der Waals surface area (Å²) in [5.74, 6) is 1.44. The highest BCUT2D eigenvalue weighted by molar-refractivity contribution is 5.53. The molecular formula is C16H25N3O2. The fourth-order valence-electron chi connectivity index (χ4n) is 2.81. The number of fused-ring (bicyclic) bond motifs is 1. The maximum Gasteiger partial charge on any atom is 0.257 e. The molecule has 116 valence electrons. The van der Waals surface area contributed by atoms with Crippen molar-refractivity contribution in [1.82, 2.24) is 9.88 Å². The molecule has 1 atom stereocenters. The summed E-state index contributed by atoms with van der Waals surface area (Å²) < 4.78 is 11.8. The number of anilines is 1. The number of nitrogens with zero attached hydrogens (tertiary/aromatic N) is 3. The Morgan fingerprint density at radius 2 is 2.10 bits per heavy atom. The monoisotopic (exact) mass is 291 g/mol. The summed E-state index contributed by atoms with van der Waals surface area (Å²) in [4.78, 5) is 9.14. The van der Waals surface area contributed by atoms with E-state index in [9.17, 15) is 0 Å². The molecule has 3 rings (SSSR count). The minimum absolute atomic E-state index is 0.169. The largest absolute Gasteiger partial charge is 0.481 e. The molecule has 0 saturated carbocycles. The highest BCUT2D eigenvalue weighted by Crippen LogP contribution is 2.34. The number of unbranched alkanes of at least 4 members (excludes halogenated alkanes) is 1. The first-order chi connectivity index (χ1) is 10.3. The third-order valence-corrected chi connectivity index (χ3v) is 4.25. The molecule has 1 aromatic heterocycles. The maximum absolute atomic E-state index is 6.06. The van der Waals surface area contributed by atoms with Crippen LogP contribution in [-0.2, 0) is 0 Å². The van der Waals surface area contributed by atoms with Crippen LogP contribution in [0, 0.1) is 0 Å². The van der Waals surface area contributed by atoms with E-state index in [-0.39, 0.29) is 6.10 Å². The average molecular weight is 291 g/mol. The molecule has 1 unspecified atom stereocenters. The van der Waals surface area contributed by atoms with Crippen molar-refractivity contribution in [3.05, 3.63) is 12.3 Å². The van der Waals surface area contributed by atoms with E-state index in [4.69, 9.17) is 9.47 Å². The molecule has 1 fully saturated rings. The van der Waals surface area contributed by atoms with E-state index in [1.54, 1.807) is 0 Å². The van der Waals surface area contributed by atoms with Crippen molar-refractivity contribution in [2.75, 3.05) is 44.7 Å². The Labute approximate surface area is 126 Å². The lowest BCUT2D eigenvalue weighted by Gasteiger charge is -2.34. The van der Waals surface area contributed by atoms with Crippen molar-refractivity contribution in [2.45, 2.75) is 32.3 Å². The number of pyridine rings is 1. The van der Waals surface area contributed by atoms with Gasteiger partial charge in [0.15, 0.2) is 5.75 Å². The topological polar surface area (TPSA) is 37.8 Å². The molecule has 5 heteroatoms. The Kier molecular flexibility index (Phi) is 4.48. The fourth-order valence-corrected chi connectivity index (χ4v) is 2.81. The van der Waals surface area contributed by atoms with Crippen LogP contribution in [0.3, 0.4) is 0 Å². The number of hydrogen-bond acceptors (Lipinski definition) is 5. The van der Waals surface area contributed by atoms with Gasteiger partial charge in [0.2, 0.25) is 0 Å². The lowest BCUT2D eigenvalue weighted by atomic mass is 10.1. The van der Waals surface area contributed by atoms with Gasteiger partial charge in [0, 0.05) is 32.2 Å². The quantitative estimate of drug-likeness (QED) is 0.850. The molecule has 2 aliphatic rings. The molecule has 0 bridgehead atoms. The van der Waals surface area contributed by atoms with Gasteiger partial charge in [-0.3, -0.25) is 0 Å². The summed E-state index contributed by atoms with van der Waals surface area (Å²) in [6, 6.07) is 2.09. The highest BCUT2D eigenvalue weighted by Gasteiger charge is 2.23. The van der Waals surface area contributed by atoms with E-state index in [2.05, 4.69) is 34.8 Å². The van der Waals surface area contributed by atoms with Gasteiger partial charge in [-0.15, -0.1) is 0 Å². The van der Waals surface area contributed by atoms with E-state index < -0.39 is 0 Å². The third kappa shape index (κ3) is 3.40. The Balaban J connectivity index is 1.69. The average Bonchev–Trinajstić information content (AvgIpc) is 2.53. The molecule has 1 saturated heterocycles. The first kappa shape index (κ1) is 14.4. The van der Waals surface area contributed by atoms with Crippen LogP contribution in [0.1, 0.15) is 26.2 Å². The van der Waals surface area contributed by atoms with Gasteiger partial charge in [-0.1, -0.05) is 13.3 Å². The Morgan fingerprint density at radius 1 is 1.29 bits per heavy atom. The number of ether oxygens (including phenoxy) is 2. The SMILES string of the molecule is CCCCC1COc2ncc(N3CCN(C)CC3)cc2O1. The molecule has 3 heterocycles. The highest BCUT2D eigenvalue weighted by atomic mass is 16.6. The second kappa shape index (κ2) is 6.52. The summed E-state index contributed by atoms with van der Waals surface area (Å²) in [6.45, 7) is 7.08. The summed E-state index contributed by atoms with van der Waals surface area (Å²) in [7, 11) is 2.16. The first-order valence-corrected chi connectivity index (χ1v) is 7.99. The van der Waals surface area contributed by atoms with Crippen LogP contribution in [-0.4, -0.2) is 55.8 Å². The number of rotatable bonds is 4. The van der Waals surface area contributed by atoms with E-state index in [1.165, 1.54) is 12.8 Å². The molecule has 0 radical (unpaired) electrons. The van der Waals surface area contributed by atoms with Gasteiger partial charge in [0.25, 0.3) is 5.88 Å². The van der Waals surface area contributed by atoms with Crippen LogP contribution >= 0.6 is 0 Å². The van der Waals surface area contributed by atoms with Crippen molar-refractivity contribution < 1.29 is 9.47 Å². The summed E-state index contributed by atoms with van der Waals surface area (Å²) in [5, 5.41) is 0. The smallest absolute Gasteiger partial charge is 0.257 e. The zero-order valence-corrected chi connectivity index (χ0v) is 13.0. The van der Waals surface area contributed by atoms with Crippen molar-refractivity contribution in [2.24, 2.45) is 0 Å². The fraction of sp³-hybridized carbons (Fsp3) is 0.688. The second-order valence-corrected chi connectivity index (χ2v) is 5.98. The predicted molar refractivity (Wildman–Crippen MR) is 83.4 cm³/mol. The Hall–Kier alpha value is -1.49. The van der Waals surface area contributed by atoms with Gasteiger partial charge in [-0.2, -0.15) is 0 Å². The van der Waals surface area contributed by atoms with Gasteiger partial charge in [0.1, 0.15) is 12.7 Å². The Bertz CT molecular complexity index is 473. The van der Waals surface area contributed by atoms with Gasteiger partial charge in [0.05, 0.1) is 11.9 Å². The van der Waals surface area contributed by atoms with Crippen LogP contribution < -0.4 is 14.4 Å². The molecule has 21 heavy (non-hydrogen) atoms. The standard InChI is InChI=1S/C16H25N3O2/c1-3-4-5-14-12-20-16-15(21-14)10-13(11-17-16)19-8-6-18(2)7-9-19/h10-11,14H,3-9,12H2,1-2H3. The van der Waals surface area contributed by atoms with Crippen LogP contribution in [0.15, 0.2) is 12.3 Å². The molecule has 0 spiro atoms. The van der Waals surface area contributed by atoms with E-state index in [1.807, 2.05) is 6.20 Å². The van der Waals surface area contributed by atoms with Crippen molar-refractivity contribution in [3.8, 4) is 11.6 Å². The predicted octanol–water partition coefficient (Wildman–Crippen LogP) is 2.16. The summed E-state index contributed by atoms with van der Waals surface area (Å²) in [5.41, 5.74) is 1.14. The summed E-state index contributed by atoms with van der Waals surface area (Å²) >= 11 is 0. The van der Waals surface area contributed by atoms with Crippen LogP contribution in [0.2, 0.25) is 0 Å². The molecule has 0 aliphatic carbocycles.